The fraction of sp³-hybridized carbons (Fsp3) is 0.323. The second kappa shape index (κ2) is 12.6. The van der Waals surface area contributed by atoms with Crippen LogP contribution in [0.4, 0.5) is 8.78 Å². The van der Waals surface area contributed by atoms with E-state index >= 15 is 0 Å². The van der Waals surface area contributed by atoms with E-state index in [2.05, 4.69) is 71.9 Å². The largest absolute Gasteiger partial charge is 0.358 e. The molecule has 0 spiro atoms. The number of amides is 1. The number of carbonyl (C=O) groups excluding carboxylic acids is 1. The maximum Gasteiger partial charge on any atom is 0.220 e. The van der Waals surface area contributed by atoms with Gasteiger partial charge in [0.25, 0.3) is 0 Å². The molecule has 1 aromatic heterocycles. The van der Waals surface area contributed by atoms with E-state index in [0.717, 1.165) is 35.6 Å². The molecule has 0 unspecified atom stereocenters. The van der Waals surface area contributed by atoms with Crippen LogP contribution in [0.2, 0.25) is 0 Å². The molecule has 0 aliphatic carbocycles. The van der Waals surface area contributed by atoms with E-state index in [4.69, 9.17) is 0 Å². The molecule has 1 amide bonds. The Labute approximate surface area is 217 Å². The van der Waals surface area contributed by atoms with Gasteiger partial charge < -0.3 is 15.6 Å². The number of benzene rings is 3. The summed E-state index contributed by atoms with van der Waals surface area (Å²) in [5, 5.41) is 7.67. The van der Waals surface area contributed by atoms with Crippen LogP contribution >= 0.6 is 0 Å². The lowest BCUT2D eigenvalue weighted by molar-refractivity contribution is -0.121. The van der Waals surface area contributed by atoms with E-state index in [9.17, 15) is 13.6 Å². The van der Waals surface area contributed by atoms with Gasteiger partial charge in [-0.05, 0) is 85.0 Å². The Kier molecular flexibility index (Phi) is 9.07. The summed E-state index contributed by atoms with van der Waals surface area (Å²) in [6, 6.07) is 20.0. The van der Waals surface area contributed by atoms with Crippen LogP contribution in [-0.4, -0.2) is 23.5 Å². The van der Waals surface area contributed by atoms with Crippen LogP contribution in [0.15, 0.2) is 66.7 Å². The van der Waals surface area contributed by atoms with Crippen molar-refractivity contribution in [3.63, 3.8) is 0 Å². The van der Waals surface area contributed by atoms with Crippen molar-refractivity contribution >= 4 is 16.8 Å². The fourth-order valence-corrected chi connectivity index (χ4v) is 4.76. The predicted molar refractivity (Wildman–Crippen MR) is 145 cm³/mol. The van der Waals surface area contributed by atoms with Crippen LogP contribution in [0.25, 0.3) is 10.9 Å². The molecule has 0 fully saturated rings. The number of carbonyl (C=O) groups is 1. The van der Waals surface area contributed by atoms with Gasteiger partial charge in [-0.15, -0.1) is 0 Å². The summed E-state index contributed by atoms with van der Waals surface area (Å²) in [7, 11) is 0. The van der Waals surface area contributed by atoms with Crippen molar-refractivity contribution in [3.8, 4) is 0 Å². The average Bonchev–Trinajstić information content (AvgIpc) is 3.29. The van der Waals surface area contributed by atoms with Crippen molar-refractivity contribution in [1.82, 2.24) is 15.6 Å². The monoisotopic (exact) mass is 503 g/mol. The number of H-pyrrole nitrogens is 1. The van der Waals surface area contributed by atoms with Gasteiger partial charge in [0.05, 0.1) is 0 Å². The molecule has 0 saturated carbocycles. The number of hydrogen-bond acceptors (Lipinski definition) is 2. The summed E-state index contributed by atoms with van der Waals surface area (Å²) in [4.78, 5) is 16.3. The van der Waals surface area contributed by atoms with Gasteiger partial charge in [-0.2, -0.15) is 0 Å². The van der Waals surface area contributed by atoms with E-state index in [1.807, 2.05) is 6.07 Å². The van der Waals surface area contributed by atoms with Crippen molar-refractivity contribution in [2.24, 2.45) is 0 Å². The van der Waals surface area contributed by atoms with Crippen molar-refractivity contribution in [2.75, 3.05) is 6.54 Å². The Balaban J connectivity index is 1.35. The lowest BCUT2D eigenvalue weighted by Crippen LogP contribution is -2.38. The summed E-state index contributed by atoms with van der Waals surface area (Å²) in [6.07, 6.45) is 2.91. The average molecular weight is 504 g/mol. The molecule has 37 heavy (non-hydrogen) atoms. The quantitative estimate of drug-likeness (QED) is 0.203. The maximum atomic E-state index is 13.8. The molecule has 194 valence electrons. The highest BCUT2D eigenvalue weighted by Gasteiger charge is 2.15. The van der Waals surface area contributed by atoms with E-state index in [-0.39, 0.29) is 11.9 Å². The minimum absolute atomic E-state index is 0.0760. The van der Waals surface area contributed by atoms with Gasteiger partial charge in [0.1, 0.15) is 11.6 Å². The minimum Gasteiger partial charge on any atom is -0.358 e. The van der Waals surface area contributed by atoms with Crippen LogP contribution in [0.1, 0.15) is 47.7 Å². The normalized spacial score (nSPS) is 12.1. The first-order chi connectivity index (χ1) is 17.9. The number of fused-ring (bicyclic) bond motifs is 1. The van der Waals surface area contributed by atoms with E-state index < -0.39 is 11.6 Å². The summed E-state index contributed by atoms with van der Waals surface area (Å²) >= 11 is 0. The van der Waals surface area contributed by atoms with Crippen molar-refractivity contribution in [1.29, 1.82) is 0 Å². The zero-order valence-electron chi connectivity index (χ0n) is 21.5. The third-order valence-electron chi connectivity index (χ3n) is 6.71. The third kappa shape index (κ3) is 7.73. The number of para-hydroxylation sites is 1. The molecule has 1 heterocycles. The number of rotatable bonds is 12. The molecule has 0 radical (unpaired) electrons. The molecule has 0 aliphatic rings. The molecule has 0 aliphatic heterocycles. The second-order valence-electron chi connectivity index (χ2n) is 9.72. The Bertz CT molecular complexity index is 1330. The number of aromatic nitrogens is 1. The second-order valence-corrected chi connectivity index (χ2v) is 9.72. The van der Waals surface area contributed by atoms with Crippen LogP contribution in [0.5, 0.6) is 0 Å². The highest BCUT2D eigenvalue weighted by molar-refractivity contribution is 5.83. The Morgan fingerprint density at radius 1 is 0.946 bits per heavy atom. The lowest BCUT2D eigenvalue weighted by atomic mass is 10.0. The van der Waals surface area contributed by atoms with E-state index in [1.54, 1.807) is 0 Å². The van der Waals surface area contributed by atoms with Crippen molar-refractivity contribution < 1.29 is 13.6 Å². The van der Waals surface area contributed by atoms with Gasteiger partial charge in [-0.25, -0.2) is 8.78 Å². The number of hydrogen-bond donors (Lipinski definition) is 3. The first-order valence-electron chi connectivity index (χ1n) is 13.0. The van der Waals surface area contributed by atoms with Crippen LogP contribution in [-0.2, 0) is 30.6 Å². The molecule has 0 saturated heterocycles. The van der Waals surface area contributed by atoms with Gasteiger partial charge in [-0.1, -0.05) is 49.4 Å². The summed E-state index contributed by atoms with van der Waals surface area (Å²) in [6.45, 7) is 5.58. The molecule has 1 atom stereocenters. The van der Waals surface area contributed by atoms with Gasteiger partial charge in [0, 0.05) is 36.3 Å². The molecule has 3 N–H and O–H groups in total. The zero-order chi connectivity index (χ0) is 26.2. The van der Waals surface area contributed by atoms with E-state index in [1.165, 1.54) is 28.8 Å². The van der Waals surface area contributed by atoms with Crippen molar-refractivity contribution in [3.05, 3.63) is 106 Å². The number of aromatic amines is 1. The Morgan fingerprint density at radius 2 is 1.70 bits per heavy atom. The molecular formula is C31H35F2N3O. The summed E-state index contributed by atoms with van der Waals surface area (Å²) in [5.41, 5.74) is 6.32. The molecular weight excluding hydrogens is 468 g/mol. The highest BCUT2D eigenvalue weighted by Crippen LogP contribution is 2.20. The highest BCUT2D eigenvalue weighted by atomic mass is 19.1. The summed E-state index contributed by atoms with van der Waals surface area (Å²) < 4.78 is 27.6. The SMILES string of the molecule is CCc1cccc(CNCC[C@H](Cc2cc(F)cc(F)c2)NC(=O)CCc2cc3cccc(C)c3[nH]2)c1. The zero-order valence-corrected chi connectivity index (χ0v) is 21.5. The Hall–Kier alpha value is -3.51. The number of nitrogens with one attached hydrogen (secondary N) is 3. The van der Waals surface area contributed by atoms with Gasteiger partial charge >= 0.3 is 0 Å². The summed E-state index contributed by atoms with van der Waals surface area (Å²) in [5.74, 6) is -1.29. The third-order valence-corrected chi connectivity index (χ3v) is 6.71. The molecule has 4 rings (SSSR count). The first kappa shape index (κ1) is 26.6. The topological polar surface area (TPSA) is 56.9 Å². The molecule has 6 heteroatoms. The number of aryl methyl sites for hydroxylation is 3. The first-order valence-corrected chi connectivity index (χ1v) is 13.0. The molecule has 0 bridgehead atoms. The molecule has 4 nitrogen and oxygen atoms in total. The van der Waals surface area contributed by atoms with Crippen LogP contribution < -0.4 is 10.6 Å². The molecule has 3 aromatic carbocycles. The minimum atomic E-state index is -0.608. The van der Waals surface area contributed by atoms with Gasteiger partial charge in [0.2, 0.25) is 5.91 Å². The number of halogens is 2. The molecule has 4 aromatic rings. The smallest absolute Gasteiger partial charge is 0.220 e. The van der Waals surface area contributed by atoms with Crippen LogP contribution in [0.3, 0.4) is 0 Å². The van der Waals surface area contributed by atoms with Gasteiger partial charge in [-0.3, -0.25) is 4.79 Å². The maximum absolute atomic E-state index is 13.8. The predicted octanol–water partition coefficient (Wildman–Crippen LogP) is 6.16. The van der Waals surface area contributed by atoms with Crippen LogP contribution in [0, 0.1) is 18.6 Å². The standard InChI is InChI=1S/C31H35F2N3O/c1-3-22-7-5-8-23(14-22)20-34-13-12-29(17-24-15-26(32)19-27(33)16-24)35-30(37)11-10-28-18-25-9-4-6-21(2)31(25)36-28/h4-9,14-16,18-19,29,34,36H,3,10-13,17,20H2,1-2H3,(H,35,37)/t29-/m1/s1. The lowest BCUT2D eigenvalue weighted by Gasteiger charge is -2.20. The van der Waals surface area contributed by atoms with E-state index in [0.29, 0.717) is 37.8 Å². The fourth-order valence-electron chi connectivity index (χ4n) is 4.76. The Morgan fingerprint density at radius 3 is 2.46 bits per heavy atom. The van der Waals surface area contributed by atoms with Gasteiger partial charge in [0.15, 0.2) is 0 Å². The van der Waals surface area contributed by atoms with Crippen molar-refractivity contribution in [2.45, 2.75) is 58.5 Å².